The van der Waals surface area contributed by atoms with Gasteiger partial charge in [0.2, 0.25) is 0 Å². The SMILES string of the molecule is C=CC(C)(CCC=C(C)C)CC(=O)CC(=O)CCCCCCCC. The highest BCUT2D eigenvalue weighted by Crippen LogP contribution is 2.30. The maximum atomic E-state index is 12.2. The molecule has 0 fully saturated rings. The lowest BCUT2D eigenvalue weighted by atomic mass is 9.80. The number of allylic oxidation sites excluding steroid dienone is 3. The van der Waals surface area contributed by atoms with Crippen molar-refractivity contribution in [3.05, 3.63) is 24.3 Å². The van der Waals surface area contributed by atoms with E-state index in [9.17, 15) is 9.59 Å². The molecule has 0 aliphatic rings. The fraction of sp³-hybridized carbons (Fsp3) is 0.727. The molecular formula is C22H38O2. The van der Waals surface area contributed by atoms with Crippen LogP contribution < -0.4 is 0 Å². The molecular weight excluding hydrogens is 296 g/mol. The second-order valence-electron chi connectivity index (χ2n) is 7.63. The van der Waals surface area contributed by atoms with Crippen molar-refractivity contribution in [3.63, 3.8) is 0 Å². The maximum absolute atomic E-state index is 12.2. The normalized spacial score (nSPS) is 13.2. The zero-order valence-electron chi connectivity index (χ0n) is 16.5. The summed E-state index contributed by atoms with van der Waals surface area (Å²) in [6.07, 6.45) is 14.0. The molecule has 0 aliphatic heterocycles. The van der Waals surface area contributed by atoms with E-state index < -0.39 is 0 Å². The summed E-state index contributed by atoms with van der Waals surface area (Å²) in [4.78, 5) is 24.2. The molecule has 0 bridgehead atoms. The zero-order valence-corrected chi connectivity index (χ0v) is 16.5. The molecule has 0 heterocycles. The molecule has 0 amide bonds. The Morgan fingerprint density at radius 2 is 1.62 bits per heavy atom. The maximum Gasteiger partial charge on any atom is 0.141 e. The Morgan fingerprint density at radius 3 is 2.21 bits per heavy atom. The molecule has 0 radical (unpaired) electrons. The Kier molecular flexibility index (Phi) is 12.5. The van der Waals surface area contributed by atoms with Crippen molar-refractivity contribution < 1.29 is 9.59 Å². The highest BCUT2D eigenvalue weighted by atomic mass is 16.1. The summed E-state index contributed by atoms with van der Waals surface area (Å²) in [6, 6.07) is 0. The Hall–Kier alpha value is -1.18. The van der Waals surface area contributed by atoms with Gasteiger partial charge in [0.05, 0.1) is 6.42 Å². The van der Waals surface area contributed by atoms with Crippen LogP contribution in [-0.4, -0.2) is 11.6 Å². The molecule has 24 heavy (non-hydrogen) atoms. The number of hydrogen-bond donors (Lipinski definition) is 0. The fourth-order valence-electron chi connectivity index (χ4n) is 2.88. The monoisotopic (exact) mass is 334 g/mol. The summed E-state index contributed by atoms with van der Waals surface area (Å²) in [5.74, 6) is 0.164. The van der Waals surface area contributed by atoms with Crippen LogP contribution in [0.25, 0.3) is 0 Å². The molecule has 1 unspecified atom stereocenters. The quantitative estimate of drug-likeness (QED) is 0.192. The number of carbonyl (C=O) groups is 2. The first-order chi connectivity index (χ1) is 11.3. The third kappa shape index (κ3) is 12.3. The molecule has 0 aliphatic carbocycles. The van der Waals surface area contributed by atoms with Crippen molar-refractivity contribution in [1.82, 2.24) is 0 Å². The average Bonchev–Trinajstić information content (AvgIpc) is 2.50. The molecule has 0 N–H and O–H groups in total. The molecule has 0 aromatic heterocycles. The number of ketones is 2. The minimum absolute atomic E-state index is 0.0607. The highest BCUT2D eigenvalue weighted by molar-refractivity contribution is 5.99. The molecule has 1 atom stereocenters. The van der Waals surface area contributed by atoms with Crippen LogP contribution in [0.3, 0.4) is 0 Å². The van der Waals surface area contributed by atoms with Gasteiger partial charge in [-0.1, -0.05) is 63.7 Å². The molecule has 2 nitrogen and oxygen atoms in total. The number of rotatable bonds is 15. The largest absolute Gasteiger partial charge is 0.299 e. The van der Waals surface area contributed by atoms with Crippen LogP contribution >= 0.6 is 0 Å². The van der Waals surface area contributed by atoms with Crippen LogP contribution in [0.4, 0.5) is 0 Å². The van der Waals surface area contributed by atoms with Gasteiger partial charge >= 0.3 is 0 Å². The van der Waals surface area contributed by atoms with E-state index >= 15 is 0 Å². The first-order valence-electron chi connectivity index (χ1n) is 9.63. The minimum atomic E-state index is -0.205. The van der Waals surface area contributed by atoms with E-state index in [1.807, 2.05) is 6.08 Å². The Bertz CT molecular complexity index is 416. The number of unbranched alkanes of at least 4 members (excludes halogenated alkanes) is 5. The van der Waals surface area contributed by atoms with Gasteiger partial charge in [-0.3, -0.25) is 9.59 Å². The van der Waals surface area contributed by atoms with Crippen LogP contribution in [0.5, 0.6) is 0 Å². The Morgan fingerprint density at radius 1 is 1.00 bits per heavy atom. The second-order valence-corrected chi connectivity index (χ2v) is 7.63. The van der Waals surface area contributed by atoms with E-state index in [2.05, 4.69) is 40.3 Å². The standard InChI is InChI=1S/C22H38O2/c1-6-8-9-10-11-12-15-20(23)17-21(24)18-22(5,7-2)16-13-14-19(3)4/h7,14H,2,6,8-13,15-18H2,1,3-5H3. The smallest absolute Gasteiger partial charge is 0.141 e. The summed E-state index contributed by atoms with van der Waals surface area (Å²) in [7, 11) is 0. The van der Waals surface area contributed by atoms with E-state index in [-0.39, 0.29) is 23.4 Å². The predicted molar refractivity (Wildman–Crippen MR) is 104 cm³/mol. The van der Waals surface area contributed by atoms with Crippen LogP contribution in [-0.2, 0) is 9.59 Å². The summed E-state index contributed by atoms with van der Waals surface area (Å²) in [6.45, 7) is 12.3. The van der Waals surface area contributed by atoms with Gasteiger partial charge < -0.3 is 0 Å². The molecule has 138 valence electrons. The molecule has 0 saturated carbocycles. The van der Waals surface area contributed by atoms with Crippen LogP contribution in [0.15, 0.2) is 24.3 Å². The van der Waals surface area contributed by atoms with Crippen molar-refractivity contribution in [3.8, 4) is 0 Å². The van der Waals surface area contributed by atoms with Gasteiger partial charge in [-0.2, -0.15) is 0 Å². The van der Waals surface area contributed by atoms with Crippen molar-refractivity contribution >= 4 is 11.6 Å². The van der Waals surface area contributed by atoms with Crippen LogP contribution in [0.2, 0.25) is 0 Å². The molecule has 0 spiro atoms. The summed E-state index contributed by atoms with van der Waals surface area (Å²) in [5, 5.41) is 0. The minimum Gasteiger partial charge on any atom is -0.299 e. The van der Waals surface area contributed by atoms with Crippen molar-refractivity contribution in [1.29, 1.82) is 0 Å². The highest BCUT2D eigenvalue weighted by Gasteiger charge is 2.24. The molecule has 0 rings (SSSR count). The van der Waals surface area contributed by atoms with Crippen molar-refractivity contribution in [2.75, 3.05) is 0 Å². The third-order valence-corrected chi connectivity index (χ3v) is 4.57. The third-order valence-electron chi connectivity index (χ3n) is 4.57. The Balaban J connectivity index is 4.08. The number of Topliss-reactive ketones (excluding diaryl/α,β-unsaturated/α-hetero) is 2. The lowest BCUT2D eigenvalue weighted by molar-refractivity contribution is -0.127. The number of carbonyl (C=O) groups excluding carboxylic acids is 2. The molecule has 2 heteroatoms. The lowest BCUT2D eigenvalue weighted by Crippen LogP contribution is -2.20. The zero-order chi connectivity index (χ0) is 18.4. The average molecular weight is 335 g/mol. The second kappa shape index (κ2) is 13.1. The summed E-state index contributed by atoms with van der Waals surface area (Å²) >= 11 is 0. The summed E-state index contributed by atoms with van der Waals surface area (Å²) in [5.41, 5.74) is 1.09. The van der Waals surface area contributed by atoms with E-state index in [0.29, 0.717) is 12.8 Å². The van der Waals surface area contributed by atoms with E-state index in [4.69, 9.17) is 0 Å². The van der Waals surface area contributed by atoms with Gasteiger partial charge in [0.1, 0.15) is 11.6 Å². The van der Waals surface area contributed by atoms with E-state index in [1.165, 1.54) is 31.3 Å². The van der Waals surface area contributed by atoms with Gasteiger partial charge in [0.25, 0.3) is 0 Å². The van der Waals surface area contributed by atoms with Crippen LogP contribution in [0, 0.1) is 5.41 Å². The number of hydrogen-bond acceptors (Lipinski definition) is 2. The van der Waals surface area contributed by atoms with Crippen molar-refractivity contribution in [2.45, 2.75) is 98.3 Å². The molecule has 0 aromatic carbocycles. The van der Waals surface area contributed by atoms with Gasteiger partial charge in [0.15, 0.2) is 0 Å². The Labute approximate surface area is 149 Å². The predicted octanol–water partition coefficient (Wildman–Crippen LogP) is 6.59. The summed E-state index contributed by atoms with van der Waals surface area (Å²) < 4.78 is 0. The lowest BCUT2D eigenvalue weighted by Gasteiger charge is -2.24. The fourth-order valence-corrected chi connectivity index (χ4v) is 2.88. The van der Waals surface area contributed by atoms with Gasteiger partial charge in [0, 0.05) is 12.8 Å². The van der Waals surface area contributed by atoms with Crippen LogP contribution in [0.1, 0.15) is 98.3 Å². The van der Waals surface area contributed by atoms with Gasteiger partial charge in [-0.25, -0.2) is 0 Å². The van der Waals surface area contributed by atoms with Crippen molar-refractivity contribution in [2.24, 2.45) is 5.41 Å². The first kappa shape index (κ1) is 22.8. The van der Waals surface area contributed by atoms with Gasteiger partial charge in [-0.05, 0) is 38.5 Å². The topological polar surface area (TPSA) is 34.1 Å². The molecule has 0 aromatic rings. The first-order valence-corrected chi connectivity index (χ1v) is 9.63. The van der Waals surface area contributed by atoms with E-state index in [0.717, 1.165) is 25.7 Å². The van der Waals surface area contributed by atoms with E-state index in [1.54, 1.807) is 0 Å². The van der Waals surface area contributed by atoms with Gasteiger partial charge in [-0.15, -0.1) is 6.58 Å². The molecule has 0 saturated heterocycles.